The summed E-state index contributed by atoms with van der Waals surface area (Å²) in [5, 5.41) is 9.98. The van der Waals surface area contributed by atoms with E-state index in [1.807, 2.05) is 13.8 Å². The SMILES string of the molecule is C=C(C)C1CCC2C3CC=C4CC(O)CCC4C3CCC12C.CC. The number of fused-ring (bicyclic) bond motifs is 5. The number of hydrogen-bond donors (Lipinski definition) is 1. The van der Waals surface area contributed by atoms with E-state index in [4.69, 9.17) is 0 Å². The minimum atomic E-state index is -0.0628. The largest absolute Gasteiger partial charge is 0.393 e. The van der Waals surface area contributed by atoms with Gasteiger partial charge in [-0.15, -0.1) is 0 Å². The summed E-state index contributed by atoms with van der Waals surface area (Å²) in [4.78, 5) is 0. The molecule has 1 nitrogen and oxygen atoms in total. The first kappa shape index (κ1) is 18.2. The van der Waals surface area contributed by atoms with Crippen LogP contribution in [-0.2, 0) is 0 Å². The van der Waals surface area contributed by atoms with E-state index in [2.05, 4.69) is 26.5 Å². The van der Waals surface area contributed by atoms with E-state index < -0.39 is 0 Å². The van der Waals surface area contributed by atoms with Crippen LogP contribution < -0.4 is 0 Å². The zero-order valence-corrected chi connectivity index (χ0v) is 16.4. The lowest BCUT2D eigenvalue weighted by atomic mass is 9.51. The Bertz CT molecular complexity index is 504. The molecule has 3 fully saturated rings. The van der Waals surface area contributed by atoms with Gasteiger partial charge in [0, 0.05) is 0 Å². The molecule has 0 radical (unpaired) electrons. The smallest absolute Gasteiger partial charge is 0.0577 e. The highest BCUT2D eigenvalue weighted by atomic mass is 16.3. The monoisotopic (exact) mass is 330 g/mol. The van der Waals surface area contributed by atoms with Gasteiger partial charge in [0.15, 0.2) is 0 Å². The van der Waals surface area contributed by atoms with Crippen LogP contribution in [0.15, 0.2) is 23.8 Å². The number of rotatable bonds is 1. The molecule has 3 saturated carbocycles. The molecule has 0 amide bonds. The highest BCUT2D eigenvalue weighted by molar-refractivity contribution is 5.21. The lowest BCUT2D eigenvalue weighted by Crippen LogP contribution is -2.46. The standard InChI is InChI=1S/C21H32O.C2H6/c1-13(2)19-8-9-20-18-6-4-14-12-15(22)5-7-16(14)17(18)10-11-21(19,20)3;1-2/h4,15-20,22H,1,5-12H2,2-3H3;1-2H3. The van der Waals surface area contributed by atoms with E-state index in [-0.39, 0.29) is 6.10 Å². The number of aliphatic hydroxyl groups is 1. The highest BCUT2D eigenvalue weighted by Gasteiger charge is 2.55. The molecule has 0 saturated heterocycles. The van der Waals surface area contributed by atoms with Crippen molar-refractivity contribution < 1.29 is 5.11 Å². The molecule has 1 N–H and O–H groups in total. The molecule has 0 aromatic rings. The molecular weight excluding hydrogens is 292 g/mol. The Balaban J connectivity index is 0.000000815. The molecule has 0 heterocycles. The molecular formula is C23H38O. The van der Waals surface area contributed by atoms with E-state index in [0.717, 1.165) is 42.4 Å². The predicted octanol–water partition coefficient (Wildman–Crippen LogP) is 6.14. The Morgan fingerprint density at radius 3 is 2.58 bits per heavy atom. The molecule has 0 spiro atoms. The van der Waals surface area contributed by atoms with Gasteiger partial charge in [-0.25, -0.2) is 0 Å². The van der Waals surface area contributed by atoms with Crippen LogP contribution in [0.3, 0.4) is 0 Å². The summed E-state index contributed by atoms with van der Waals surface area (Å²) in [5.41, 5.74) is 3.56. The third-order valence-corrected chi connectivity index (χ3v) is 8.01. The first-order valence-electron chi connectivity index (χ1n) is 10.5. The average molecular weight is 331 g/mol. The van der Waals surface area contributed by atoms with Crippen molar-refractivity contribution in [2.75, 3.05) is 0 Å². The van der Waals surface area contributed by atoms with Gasteiger partial charge in [-0.2, -0.15) is 0 Å². The van der Waals surface area contributed by atoms with Crippen LogP contribution >= 0.6 is 0 Å². The van der Waals surface area contributed by atoms with Gasteiger partial charge < -0.3 is 5.11 Å². The Hall–Kier alpha value is -0.560. The molecule has 0 aromatic heterocycles. The second kappa shape index (κ2) is 6.98. The van der Waals surface area contributed by atoms with Gasteiger partial charge in [-0.3, -0.25) is 0 Å². The topological polar surface area (TPSA) is 20.2 Å². The van der Waals surface area contributed by atoms with Crippen LogP contribution in [-0.4, -0.2) is 11.2 Å². The molecule has 4 rings (SSSR count). The molecule has 24 heavy (non-hydrogen) atoms. The van der Waals surface area contributed by atoms with Gasteiger partial charge in [-0.1, -0.05) is 44.6 Å². The fourth-order valence-corrected chi connectivity index (χ4v) is 7.06. The molecule has 7 atom stereocenters. The molecule has 136 valence electrons. The van der Waals surface area contributed by atoms with Gasteiger partial charge >= 0.3 is 0 Å². The first-order chi connectivity index (χ1) is 11.5. The van der Waals surface area contributed by atoms with Gasteiger partial charge in [-0.05, 0) is 93.3 Å². The van der Waals surface area contributed by atoms with E-state index in [1.54, 1.807) is 5.57 Å². The van der Waals surface area contributed by atoms with E-state index in [1.165, 1.54) is 44.1 Å². The number of aliphatic hydroxyl groups excluding tert-OH is 1. The summed E-state index contributed by atoms with van der Waals surface area (Å²) in [6.07, 6.45) is 12.6. The van der Waals surface area contributed by atoms with Crippen LogP contribution in [0.25, 0.3) is 0 Å². The lowest BCUT2D eigenvalue weighted by molar-refractivity contribution is -0.0120. The first-order valence-corrected chi connectivity index (χ1v) is 10.5. The summed E-state index contributed by atoms with van der Waals surface area (Å²) in [7, 11) is 0. The molecule has 0 aliphatic heterocycles. The van der Waals surface area contributed by atoms with Crippen molar-refractivity contribution in [3.05, 3.63) is 23.8 Å². The maximum Gasteiger partial charge on any atom is 0.0577 e. The van der Waals surface area contributed by atoms with Gasteiger partial charge in [0.25, 0.3) is 0 Å². The minimum absolute atomic E-state index is 0.0628. The number of allylic oxidation sites excluding steroid dienone is 2. The minimum Gasteiger partial charge on any atom is -0.393 e. The summed E-state index contributed by atoms with van der Waals surface area (Å²) in [6.45, 7) is 13.1. The Labute approximate surface area is 149 Å². The maximum atomic E-state index is 9.98. The second-order valence-electron chi connectivity index (χ2n) is 9.01. The second-order valence-corrected chi connectivity index (χ2v) is 9.01. The number of hydrogen-bond acceptors (Lipinski definition) is 1. The van der Waals surface area contributed by atoms with Crippen molar-refractivity contribution in [1.29, 1.82) is 0 Å². The van der Waals surface area contributed by atoms with Crippen LogP contribution in [0.5, 0.6) is 0 Å². The summed E-state index contributed by atoms with van der Waals surface area (Å²) in [5.74, 6) is 4.30. The average Bonchev–Trinajstić information content (AvgIpc) is 2.93. The summed E-state index contributed by atoms with van der Waals surface area (Å²) < 4.78 is 0. The van der Waals surface area contributed by atoms with Gasteiger partial charge in [0.1, 0.15) is 0 Å². The Kier molecular flexibility index (Phi) is 5.30. The van der Waals surface area contributed by atoms with Crippen molar-refractivity contribution in [1.82, 2.24) is 0 Å². The normalized spacial score (nSPS) is 46.6. The zero-order valence-electron chi connectivity index (χ0n) is 16.4. The van der Waals surface area contributed by atoms with Gasteiger partial charge in [0.05, 0.1) is 6.10 Å². The lowest BCUT2D eigenvalue weighted by Gasteiger charge is -2.54. The molecule has 1 heteroatoms. The molecule has 4 aliphatic carbocycles. The van der Waals surface area contributed by atoms with Crippen molar-refractivity contribution in [3.8, 4) is 0 Å². The van der Waals surface area contributed by atoms with E-state index in [0.29, 0.717) is 5.41 Å². The van der Waals surface area contributed by atoms with Crippen molar-refractivity contribution in [2.45, 2.75) is 85.2 Å². The molecule has 7 unspecified atom stereocenters. The van der Waals surface area contributed by atoms with E-state index in [9.17, 15) is 5.11 Å². The zero-order chi connectivity index (χ0) is 17.5. The third-order valence-electron chi connectivity index (χ3n) is 8.01. The van der Waals surface area contributed by atoms with Crippen molar-refractivity contribution in [3.63, 3.8) is 0 Å². The van der Waals surface area contributed by atoms with Gasteiger partial charge in [0.2, 0.25) is 0 Å². The Morgan fingerprint density at radius 2 is 1.88 bits per heavy atom. The van der Waals surface area contributed by atoms with Crippen LogP contribution in [0, 0.1) is 35.0 Å². The molecule has 0 bridgehead atoms. The third kappa shape index (κ3) is 2.81. The fourth-order valence-electron chi connectivity index (χ4n) is 7.06. The maximum absolute atomic E-state index is 9.98. The fraction of sp³-hybridized carbons (Fsp3) is 0.826. The van der Waals surface area contributed by atoms with Crippen molar-refractivity contribution >= 4 is 0 Å². The van der Waals surface area contributed by atoms with Crippen LogP contribution in [0.1, 0.15) is 79.1 Å². The van der Waals surface area contributed by atoms with Crippen LogP contribution in [0.2, 0.25) is 0 Å². The van der Waals surface area contributed by atoms with E-state index >= 15 is 0 Å². The summed E-state index contributed by atoms with van der Waals surface area (Å²) >= 11 is 0. The Morgan fingerprint density at radius 1 is 1.12 bits per heavy atom. The predicted molar refractivity (Wildman–Crippen MR) is 103 cm³/mol. The molecule has 0 aromatic carbocycles. The van der Waals surface area contributed by atoms with Crippen LogP contribution in [0.4, 0.5) is 0 Å². The van der Waals surface area contributed by atoms with Crippen molar-refractivity contribution in [2.24, 2.45) is 35.0 Å². The quantitative estimate of drug-likeness (QED) is 0.573. The molecule has 4 aliphatic rings. The highest BCUT2D eigenvalue weighted by Crippen LogP contribution is 2.64. The summed E-state index contributed by atoms with van der Waals surface area (Å²) in [6, 6.07) is 0.